The Morgan fingerprint density at radius 1 is 1.03 bits per heavy atom. The Morgan fingerprint density at radius 3 is 2.07 bits per heavy atom. The third-order valence-electron chi connectivity index (χ3n) is 5.26. The molecule has 1 amide bonds. The van der Waals surface area contributed by atoms with Gasteiger partial charge in [-0.3, -0.25) is 14.9 Å². The molecular weight excluding hydrogens is 390 g/mol. The summed E-state index contributed by atoms with van der Waals surface area (Å²) in [5.41, 5.74) is 1.51. The van der Waals surface area contributed by atoms with Crippen LogP contribution in [0.15, 0.2) is 36.4 Å². The van der Waals surface area contributed by atoms with Crippen molar-refractivity contribution in [3.8, 4) is 17.2 Å². The Labute approximate surface area is 174 Å². The van der Waals surface area contributed by atoms with Gasteiger partial charge in [-0.25, -0.2) is 0 Å². The molecule has 0 bridgehead atoms. The van der Waals surface area contributed by atoms with Crippen molar-refractivity contribution in [2.45, 2.75) is 6.54 Å². The number of nitro benzene ring substituents is 1. The molecular formula is C21H26N3O6+. The molecule has 1 heterocycles. The van der Waals surface area contributed by atoms with Gasteiger partial charge in [0.25, 0.3) is 11.6 Å². The molecule has 1 aliphatic rings. The number of hydrogen-bond acceptors (Lipinski definition) is 6. The van der Waals surface area contributed by atoms with Crippen LogP contribution < -0.4 is 19.1 Å². The largest absolute Gasteiger partial charge is 0.493 e. The number of hydrogen-bond donors (Lipinski definition) is 1. The molecule has 0 aliphatic carbocycles. The molecule has 0 unspecified atom stereocenters. The van der Waals surface area contributed by atoms with E-state index in [1.165, 1.54) is 29.2 Å². The topological polar surface area (TPSA) is 95.6 Å². The van der Waals surface area contributed by atoms with Crippen molar-refractivity contribution < 1.29 is 28.8 Å². The van der Waals surface area contributed by atoms with Crippen molar-refractivity contribution >= 4 is 11.6 Å². The fourth-order valence-electron chi connectivity index (χ4n) is 3.64. The second-order valence-electron chi connectivity index (χ2n) is 7.06. The highest BCUT2D eigenvalue weighted by atomic mass is 16.6. The van der Waals surface area contributed by atoms with E-state index in [2.05, 4.69) is 0 Å². The number of nitro groups is 1. The minimum Gasteiger partial charge on any atom is -0.493 e. The summed E-state index contributed by atoms with van der Waals surface area (Å²) < 4.78 is 16.2. The van der Waals surface area contributed by atoms with E-state index in [4.69, 9.17) is 14.2 Å². The van der Waals surface area contributed by atoms with Crippen molar-refractivity contribution in [3.63, 3.8) is 0 Å². The number of quaternary nitrogens is 1. The lowest BCUT2D eigenvalue weighted by atomic mass is 10.1. The monoisotopic (exact) mass is 416 g/mol. The van der Waals surface area contributed by atoms with Gasteiger partial charge in [0.05, 0.1) is 52.4 Å². The van der Waals surface area contributed by atoms with Crippen LogP contribution in [0.2, 0.25) is 0 Å². The van der Waals surface area contributed by atoms with Crippen LogP contribution >= 0.6 is 0 Å². The van der Waals surface area contributed by atoms with E-state index < -0.39 is 4.92 Å². The average molecular weight is 416 g/mol. The highest BCUT2D eigenvalue weighted by Gasteiger charge is 2.25. The molecule has 2 aromatic carbocycles. The van der Waals surface area contributed by atoms with Crippen molar-refractivity contribution in [1.29, 1.82) is 0 Å². The lowest BCUT2D eigenvalue weighted by molar-refractivity contribution is -0.917. The first-order valence-electron chi connectivity index (χ1n) is 9.63. The zero-order chi connectivity index (χ0) is 21.7. The van der Waals surface area contributed by atoms with Crippen molar-refractivity contribution in [2.24, 2.45) is 0 Å². The quantitative estimate of drug-likeness (QED) is 0.538. The first-order chi connectivity index (χ1) is 14.5. The van der Waals surface area contributed by atoms with E-state index in [-0.39, 0.29) is 11.6 Å². The van der Waals surface area contributed by atoms with Gasteiger partial charge in [0.15, 0.2) is 11.5 Å². The Balaban J connectivity index is 1.62. The number of nitrogens with one attached hydrogen (secondary N) is 1. The van der Waals surface area contributed by atoms with Gasteiger partial charge in [-0.2, -0.15) is 0 Å². The van der Waals surface area contributed by atoms with Gasteiger partial charge in [-0.05, 0) is 24.3 Å². The Morgan fingerprint density at radius 2 is 1.60 bits per heavy atom. The summed E-state index contributed by atoms with van der Waals surface area (Å²) in [6, 6.07) is 9.63. The molecule has 160 valence electrons. The van der Waals surface area contributed by atoms with E-state index in [1.54, 1.807) is 26.2 Å². The molecule has 0 spiro atoms. The zero-order valence-electron chi connectivity index (χ0n) is 17.3. The molecule has 9 nitrogen and oxygen atoms in total. The second kappa shape index (κ2) is 9.45. The normalized spacial score (nSPS) is 14.3. The van der Waals surface area contributed by atoms with Crippen LogP contribution in [0.5, 0.6) is 17.2 Å². The third-order valence-corrected chi connectivity index (χ3v) is 5.26. The van der Waals surface area contributed by atoms with Crippen molar-refractivity contribution in [1.82, 2.24) is 4.90 Å². The first kappa shape index (κ1) is 21.4. The lowest BCUT2D eigenvalue weighted by Gasteiger charge is -2.32. The number of rotatable bonds is 7. The molecule has 9 heteroatoms. The van der Waals surface area contributed by atoms with Gasteiger partial charge in [-0.15, -0.1) is 0 Å². The zero-order valence-corrected chi connectivity index (χ0v) is 17.3. The van der Waals surface area contributed by atoms with E-state index >= 15 is 0 Å². The molecule has 1 saturated heterocycles. The molecule has 3 rings (SSSR count). The van der Waals surface area contributed by atoms with Gasteiger partial charge < -0.3 is 24.0 Å². The van der Waals surface area contributed by atoms with Crippen LogP contribution in [0, 0.1) is 10.1 Å². The summed E-state index contributed by atoms with van der Waals surface area (Å²) in [7, 11) is 4.76. The summed E-state index contributed by atoms with van der Waals surface area (Å²) in [5.74, 6) is 1.71. The summed E-state index contributed by atoms with van der Waals surface area (Å²) >= 11 is 0. The van der Waals surface area contributed by atoms with Gasteiger partial charge in [0.1, 0.15) is 6.54 Å². The van der Waals surface area contributed by atoms with Gasteiger partial charge in [0.2, 0.25) is 5.75 Å². The summed E-state index contributed by atoms with van der Waals surface area (Å²) in [6.07, 6.45) is 0. The van der Waals surface area contributed by atoms with E-state index in [1.807, 2.05) is 12.1 Å². The predicted octanol–water partition coefficient (Wildman–Crippen LogP) is 1.16. The molecule has 0 radical (unpaired) electrons. The highest BCUT2D eigenvalue weighted by molar-refractivity contribution is 5.94. The standard InChI is InChI=1S/C21H25N3O6/c1-28-18-12-15(13-19(29-2)20(18)30-3)14-22-8-10-23(11-9-22)21(25)16-4-6-17(7-5-16)24(26)27/h4-7,12-13H,8-11,14H2,1-3H3/p+1. The maximum atomic E-state index is 12.7. The number of methoxy groups -OCH3 is 3. The maximum absolute atomic E-state index is 12.7. The summed E-state index contributed by atoms with van der Waals surface area (Å²) in [5, 5.41) is 10.8. The SMILES string of the molecule is COc1cc(C[NH+]2CCN(C(=O)c3ccc([N+](=O)[O-])cc3)CC2)cc(OC)c1OC. The van der Waals surface area contributed by atoms with Crippen LogP contribution in [0.1, 0.15) is 15.9 Å². The fourth-order valence-corrected chi connectivity index (χ4v) is 3.64. The van der Waals surface area contributed by atoms with Crippen LogP contribution in [0.3, 0.4) is 0 Å². The molecule has 1 fully saturated rings. The fraction of sp³-hybridized carbons (Fsp3) is 0.381. The average Bonchev–Trinajstić information content (AvgIpc) is 2.78. The predicted molar refractivity (Wildman–Crippen MR) is 109 cm³/mol. The van der Waals surface area contributed by atoms with E-state index in [0.29, 0.717) is 35.9 Å². The molecule has 0 aromatic heterocycles. The van der Waals surface area contributed by atoms with Gasteiger partial charge in [0, 0.05) is 23.3 Å². The number of non-ortho nitro benzene ring substituents is 1. The number of carbonyl (C=O) groups excluding carboxylic acids is 1. The molecule has 1 aliphatic heterocycles. The lowest BCUT2D eigenvalue weighted by Crippen LogP contribution is -3.13. The van der Waals surface area contributed by atoms with Crippen LogP contribution in [-0.4, -0.2) is 63.2 Å². The highest BCUT2D eigenvalue weighted by Crippen LogP contribution is 2.38. The number of ether oxygens (including phenoxy) is 3. The van der Waals surface area contributed by atoms with E-state index in [0.717, 1.165) is 25.2 Å². The number of carbonyl (C=O) groups is 1. The Kier molecular flexibility index (Phi) is 6.73. The number of piperazine rings is 1. The smallest absolute Gasteiger partial charge is 0.269 e. The molecule has 0 saturated carbocycles. The minimum atomic E-state index is -0.473. The molecule has 2 aromatic rings. The second-order valence-corrected chi connectivity index (χ2v) is 7.06. The Hall–Kier alpha value is -3.33. The molecule has 1 N–H and O–H groups in total. The number of amides is 1. The van der Waals surface area contributed by atoms with Crippen molar-refractivity contribution in [3.05, 3.63) is 57.6 Å². The molecule has 30 heavy (non-hydrogen) atoms. The maximum Gasteiger partial charge on any atom is 0.269 e. The summed E-state index contributed by atoms with van der Waals surface area (Å²) in [6.45, 7) is 3.62. The first-order valence-corrected chi connectivity index (χ1v) is 9.63. The Bertz CT molecular complexity index is 882. The third kappa shape index (κ3) is 4.62. The summed E-state index contributed by atoms with van der Waals surface area (Å²) in [4.78, 5) is 26.1. The van der Waals surface area contributed by atoms with Gasteiger partial charge >= 0.3 is 0 Å². The molecule has 0 atom stereocenters. The van der Waals surface area contributed by atoms with Crippen LogP contribution in [0.25, 0.3) is 0 Å². The number of nitrogens with zero attached hydrogens (tertiary/aromatic N) is 2. The van der Waals surface area contributed by atoms with Crippen molar-refractivity contribution in [2.75, 3.05) is 47.5 Å². The van der Waals surface area contributed by atoms with Crippen LogP contribution in [0.4, 0.5) is 5.69 Å². The van der Waals surface area contributed by atoms with E-state index in [9.17, 15) is 14.9 Å². The minimum absolute atomic E-state index is 0.0221. The van der Waals surface area contributed by atoms with Crippen LogP contribution in [-0.2, 0) is 6.54 Å². The van der Waals surface area contributed by atoms with Gasteiger partial charge in [-0.1, -0.05) is 0 Å². The number of benzene rings is 2.